The van der Waals surface area contributed by atoms with Gasteiger partial charge in [0.25, 0.3) is 11.7 Å². The number of nitrogens with zero attached hydrogens (tertiary/aromatic N) is 1. The summed E-state index contributed by atoms with van der Waals surface area (Å²) in [6.07, 6.45) is 11.5. The van der Waals surface area contributed by atoms with Crippen LogP contribution in [-0.2, 0) is 52.4 Å². The Balaban J connectivity index is 1.49. The molecule has 3 N–H and O–H groups in total. The zero-order valence-corrected chi connectivity index (χ0v) is 41.3. The van der Waals surface area contributed by atoms with E-state index in [9.17, 15) is 39.3 Å². The number of fused-ring (bicyclic) bond motifs is 5. The predicted octanol–water partition coefficient (Wildman–Crippen LogP) is 5.42. The molecule has 0 spiro atoms. The molecule has 5 aliphatic rings. The summed E-state index contributed by atoms with van der Waals surface area (Å²) in [5.74, 6) is -7.96. The van der Waals surface area contributed by atoms with Crippen molar-refractivity contribution in [2.75, 3.05) is 41.1 Å². The van der Waals surface area contributed by atoms with Gasteiger partial charge in [0.2, 0.25) is 5.79 Å². The highest BCUT2D eigenvalue weighted by molar-refractivity contribution is 6.39. The number of ether oxygens (including phenoxy) is 6. The van der Waals surface area contributed by atoms with Crippen LogP contribution in [-0.4, -0.2) is 145 Å². The third kappa shape index (κ3) is 13.5. The molecule has 4 fully saturated rings. The molecule has 5 bridgehead atoms. The van der Waals surface area contributed by atoms with Crippen LogP contribution < -0.4 is 0 Å². The van der Waals surface area contributed by atoms with Gasteiger partial charge in [-0.1, -0.05) is 64.2 Å². The van der Waals surface area contributed by atoms with Crippen LogP contribution in [0.25, 0.3) is 0 Å². The molecule has 16 atom stereocenters. The summed E-state index contributed by atoms with van der Waals surface area (Å²) >= 11 is 0. The van der Waals surface area contributed by atoms with Gasteiger partial charge in [0.15, 0.2) is 5.78 Å². The third-order valence-electron chi connectivity index (χ3n) is 15.4. The number of esters is 1. The number of methoxy groups -OCH3 is 3. The monoisotopic (exact) mass is 942 g/mol. The number of carbonyl (C=O) groups excluding carboxylic acids is 5. The lowest BCUT2D eigenvalue weighted by atomic mass is 9.71. The molecular formula is C52H79NO14. The lowest BCUT2D eigenvalue weighted by molar-refractivity contribution is -0.265. The van der Waals surface area contributed by atoms with Crippen molar-refractivity contribution in [3.8, 4) is 0 Å². The number of carbonyl (C=O) groups is 5. The first-order valence-electron chi connectivity index (χ1n) is 24.6. The number of piperidine rings is 1. The minimum atomic E-state index is -2.43. The van der Waals surface area contributed by atoms with Crippen LogP contribution in [0, 0.1) is 41.4 Å². The van der Waals surface area contributed by atoms with Gasteiger partial charge in [0, 0.05) is 58.5 Å². The number of aliphatic hydroxyl groups excluding tert-OH is 2. The molecule has 376 valence electrons. The summed E-state index contributed by atoms with van der Waals surface area (Å²) < 4.78 is 35.7. The average Bonchev–Trinajstić information content (AvgIpc) is 3.40. The molecule has 5 rings (SSSR count). The Morgan fingerprint density at radius 2 is 1.58 bits per heavy atom. The van der Waals surface area contributed by atoms with Gasteiger partial charge in [0.1, 0.15) is 30.1 Å². The minimum Gasteiger partial charge on any atom is -0.460 e. The highest BCUT2D eigenvalue weighted by Gasteiger charge is 2.55. The maximum absolute atomic E-state index is 14.4. The second-order valence-corrected chi connectivity index (χ2v) is 20.1. The van der Waals surface area contributed by atoms with Gasteiger partial charge in [0.05, 0.1) is 37.6 Å². The summed E-state index contributed by atoms with van der Waals surface area (Å²) in [5, 5.41) is 32.9. The summed E-state index contributed by atoms with van der Waals surface area (Å²) in [6, 6.07) is -1.13. The zero-order valence-electron chi connectivity index (χ0n) is 41.3. The van der Waals surface area contributed by atoms with Crippen molar-refractivity contribution in [3.63, 3.8) is 0 Å². The number of aliphatic hydroxyl groups is 3. The molecule has 1 amide bonds. The maximum atomic E-state index is 14.4. The van der Waals surface area contributed by atoms with E-state index in [1.54, 1.807) is 41.1 Å². The van der Waals surface area contributed by atoms with Crippen molar-refractivity contribution >= 4 is 29.2 Å². The summed E-state index contributed by atoms with van der Waals surface area (Å²) in [7, 11) is 4.60. The molecule has 0 radical (unpaired) electrons. The van der Waals surface area contributed by atoms with Crippen molar-refractivity contribution in [2.24, 2.45) is 41.4 Å². The zero-order chi connectivity index (χ0) is 49.2. The largest absolute Gasteiger partial charge is 0.460 e. The van der Waals surface area contributed by atoms with E-state index in [-0.39, 0.29) is 80.0 Å². The topological polar surface area (TPSA) is 205 Å². The smallest absolute Gasteiger partial charge is 0.329 e. The Labute approximate surface area is 397 Å². The van der Waals surface area contributed by atoms with Crippen LogP contribution in [0.5, 0.6) is 0 Å². The summed E-state index contributed by atoms with van der Waals surface area (Å²) in [6.45, 7) is 11.0. The molecule has 0 aromatic heterocycles. The average molecular weight is 942 g/mol. The number of allylic oxidation sites excluding steroid dienone is 6. The highest BCUT2D eigenvalue weighted by atomic mass is 16.6. The number of hydrogen-bond acceptors (Lipinski definition) is 14. The van der Waals surface area contributed by atoms with Crippen LogP contribution in [0.15, 0.2) is 47.6 Å². The lowest BCUT2D eigenvalue weighted by Crippen LogP contribution is -2.61. The van der Waals surface area contributed by atoms with E-state index in [0.717, 1.165) is 12.0 Å². The van der Waals surface area contributed by atoms with Gasteiger partial charge < -0.3 is 48.6 Å². The number of amides is 1. The Hall–Kier alpha value is -3.41. The van der Waals surface area contributed by atoms with E-state index in [1.807, 2.05) is 51.2 Å². The molecule has 15 nitrogen and oxygen atoms in total. The van der Waals surface area contributed by atoms with Crippen LogP contribution >= 0.6 is 0 Å². The van der Waals surface area contributed by atoms with Crippen molar-refractivity contribution in [3.05, 3.63) is 47.6 Å². The Morgan fingerprint density at radius 3 is 2.27 bits per heavy atom. The molecule has 11 unspecified atom stereocenters. The van der Waals surface area contributed by atoms with E-state index in [1.165, 1.54) is 12.0 Å². The fourth-order valence-corrected chi connectivity index (χ4v) is 11.2. The molecule has 1 aliphatic carbocycles. The second kappa shape index (κ2) is 24.9. The number of Topliss-reactive ketones (excluding diaryl/α,β-unsaturated/α-hetero) is 3. The van der Waals surface area contributed by atoms with Crippen molar-refractivity contribution < 1.29 is 67.7 Å². The van der Waals surface area contributed by atoms with E-state index in [0.29, 0.717) is 56.9 Å². The first-order chi connectivity index (χ1) is 31.9. The second-order valence-electron chi connectivity index (χ2n) is 20.1. The van der Waals surface area contributed by atoms with E-state index in [2.05, 4.69) is 0 Å². The molecule has 4 heterocycles. The van der Waals surface area contributed by atoms with Crippen LogP contribution in [0.4, 0.5) is 0 Å². The van der Waals surface area contributed by atoms with Crippen LogP contribution in [0.2, 0.25) is 0 Å². The van der Waals surface area contributed by atoms with Crippen LogP contribution in [0.1, 0.15) is 112 Å². The van der Waals surface area contributed by atoms with E-state index >= 15 is 0 Å². The van der Waals surface area contributed by atoms with Crippen molar-refractivity contribution in [1.29, 1.82) is 0 Å². The maximum Gasteiger partial charge on any atom is 0.329 e. The molecular weight excluding hydrogens is 863 g/mol. The fraction of sp³-hybridized carbons (Fsp3) is 0.750. The van der Waals surface area contributed by atoms with Gasteiger partial charge in [-0.15, -0.1) is 0 Å². The molecule has 67 heavy (non-hydrogen) atoms. The SMILES string of the molecule is COC1C(=O)C(C)C[C@H](C)/C=C/C=C/C=C(\C)[C@@H](OC)C[C@@H]2CCC(C)C(O)(O2)C(=O)C(=O)N2CCC3CC2C(=O)OC(CC(=O)C(C)/C=C(\C)C1O)[C@H]3CC1CC[C@@H](OCCO)C(OC)C1. The Kier molecular flexibility index (Phi) is 20.3. The third-order valence-corrected chi connectivity index (χ3v) is 15.4. The summed E-state index contributed by atoms with van der Waals surface area (Å²) in [4.78, 5) is 72.2. The van der Waals surface area contributed by atoms with Crippen molar-refractivity contribution in [1.82, 2.24) is 4.90 Å². The first kappa shape index (κ1) is 54.5. The Morgan fingerprint density at radius 1 is 0.836 bits per heavy atom. The predicted molar refractivity (Wildman–Crippen MR) is 249 cm³/mol. The van der Waals surface area contributed by atoms with Gasteiger partial charge >= 0.3 is 5.97 Å². The molecule has 3 saturated heterocycles. The molecule has 4 aliphatic heterocycles. The van der Waals surface area contributed by atoms with E-state index < -0.39 is 77.8 Å². The van der Waals surface area contributed by atoms with Crippen LogP contribution in [0.3, 0.4) is 0 Å². The quantitative estimate of drug-likeness (QED) is 0.158. The molecule has 0 aromatic rings. The van der Waals surface area contributed by atoms with Gasteiger partial charge in [-0.2, -0.15) is 0 Å². The highest BCUT2D eigenvalue weighted by Crippen LogP contribution is 2.44. The van der Waals surface area contributed by atoms with Gasteiger partial charge in [-0.25, -0.2) is 4.79 Å². The molecule has 15 heteroatoms. The summed E-state index contributed by atoms with van der Waals surface area (Å²) in [5.41, 5.74) is 1.28. The normalized spacial score (nSPS) is 41.8. The standard InChI is InChI=1S/C52H79NO14/c1-30-13-11-10-12-14-31(2)43(62-7)28-38-17-15-35(6)52(61,67-38)49(58)50(59)53-20-19-37-27-40(53)51(60)66-44(39(37)25-36-16-18-42(65-22-21-54)45(26-36)63-8)29-41(55)32(3)24-34(5)47(57)48(64-9)46(56)33(4)23-30/h10-14,24,30,32-33,35-40,42-45,47-48,54,57,61H,15-23,25-29H2,1-9H3/b12-10+,13-11+,31-14+,34-24+/t30-,32?,33?,35?,36?,37?,38+,39+,40?,42-,43+,44?,45?,47?,48?,52?/m1/s1. The van der Waals surface area contributed by atoms with Gasteiger partial charge in [-0.05, 0) is 106 Å². The fourth-order valence-electron chi connectivity index (χ4n) is 11.2. The Bertz CT molecular complexity index is 1840. The number of ketones is 3. The first-order valence-corrected chi connectivity index (χ1v) is 24.6. The minimum absolute atomic E-state index is 0.0195. The molecule has 1 saturated carbocycles. The van der Waals surface area contributed by atoms with Crippen molar-refractivity contribution in [2.45, 2.75) is 167 Å². The van der Waals surface area contributed by atoms with Gasteiger partial charge in [-0.3, -0.25) is 19.2 Å². The molecule has 0 aromatic carbocycles. The lowest BCUT2D eigenvalue weighted by Gasteiger charge is -2.43. The number of hydrogen-bond donors (Lipinski definition) is 3. The van der Waals surface area contributed by atoms with E-state index in [4.69, 9.17) is 28.4 Å². The number of rotatable bonds is 8.